The number of pyridine rings is 1. The summed E-state index contributed by atoms with van der Waals surface area (Å²) in [6.45, 7) is 4.16. The van der Waals surface area contributed by atoms with Gasteiger partial charge in [-0.15, -0.1) is 0 Å². The molecule has 2 aromatic heterocycles. The monoisotopic (exact) mass is 414 g/mol. The Labute approximate surface area is 181 Å². The molecular weight excluding hydrogens is 388 g/mol. The van der Waals surface area contributed by atoms with Gasteiger partial charge in [-0.3, -0.25) is 4.79 Å². The van der Waals surface area contributed by atoms with Crippen LogP contribution in [0.4, 0.5) is 5.69 Å². The number of phenolic OH excluding ortho intramolecular Hbond substituents is 1. The van der Waals surface area contributed by atoms with Crippen molar-refractivity contribution in [2.75, 3.05) is 24.5 Å². The molecular formula is C25H26N4O2. The zero-order valence-corrected chi connectivity index (χ0v) is 17.7. The van der Waals surface area contributed by atoms with Gasteiger partial charge in [0.2, 0.25) is 0 Å². The molecule has 6 heteroatoms. The summed E-state index contributed by atoms with van der Waals surface area (Å²) in [5.41, 5.74) is 3.42. The van der Waals surface area contributed by atoms with Crippen LogP contribution in [0.2, 0.25) is 0 Å². The molecule has 1 saturated carbocycles. The van der Waals surface area contributed by atoms with E-state index in [4.69, 9.17) is 4.98 Å². The lowest BCUT2D eigenvalue weighted by molar-refractivity contribution is 0.0781. The highest BCUT2D eigenvalue weighted by Crippen LogP contribution is 2.49. The fourth-order valence-electron chi connectivity index (χ4n) is 5.25. The minimum Gasteiger partial charge on any atom is -0.508 e. The molecule has 6 nitrogen and oxygen atoms in total. The number of hydrogen-bond donors (Lipinski definition) is 1. The Hall–Kier alpha value is -3.28. The van der Waals surface area contributed by atoms with Crippen molar-refractivity contribution < 1.29 is 9.90 Å². The molecule has 1 saturated heterocycles. The number of hydrogen-bond acceptors (Lipinski definition) is 4. The van der Waals surface area contributed by atoms with Crippen LogP contribution < -0.4 is 4.90 Å². The molecule has 1 aliphatic carbocycles. The first-order valence-corrected chi connectivity index (χ1v) is 11.1. The molecule has 0 unspecified atom stereocenters. The fraction of sp³-hybridized carbons (Fsp3) is 0.360. The number of aryl methyl sites for hydroxylation is 1. The highest BCUT2D eigenvalue weighted by molar-refractivity contribution is 5.95. The second kappa shape index (κ2) is 6.61. The second-order valence-electron chi connectivity index (χ2n) is 9.17. The average molecular weight is 415 g/mol. The first-order valence-electron chi connectivity index (χ1n) is 11.1. The van der Waals surface area contributed by atoms with E-state index in [1.54, 1.807) is 6.07 Å². The van der Waals surface area contributed by atoms with E-state index in [-0.39, 0.29) is 17.2 Å². The second-order valence-corrected chi connectivity index (χ2v) is 9.17. The minimum absolute atomic E-state index is 0.0198. The number of aromatic hydroxyl groups is 1. The van der Waals surface area contributed by atoms with Crippen LogP contribution in [0.3, 0.4) is 0 Å². The van der Waals surface area contributed by atoms with Gasteiger partial charge in [-0.1, -0.05) is 6.07 Å². The number of amides is 1. The largest absolute Gasteiger partial charge is 0.508 e. The summed E-state index contributed by atoms with van der Waals surface area (Å²) >= 11 is 0. The number of benzene rings is 1. The average Bonchev–Trinajstić information content (AvgIpc) is 3.28. The highest BCUT2D eigenvalue weighted by Gasteiger charge is 2.51. The summed E-state index contributed by atoms with van der Waals surface area (Å²) in [6, 6.07) is 13.6. The zero-order valence-electron chi connectivity index (χ0n) is 17.7. The van der Waals surface area contributed by atoms with Gasteiger partial charge in [-0.25, -0.2) is 4.98 Å². The van der Waals surface area contributed by atoms with Crippen molar-refractivity contribution in [3.05, 3.63) is 71.7 Å². The van der Waals surface area contributed by atoms with Gasteiger partial charge in [0, 0.05) is 37.6 Å². The molecule has 4 heterocycles. The fourth-order valence-corrected chi connectivity index (χ4v) is 5.25. The smallest absolute Gasteiger partial charge is 0.254 e. The lowest BCUT2D eigenvalue weighted by Crippen LogP contribution is -2.53. The number of phenols is 1. The van der Waals surface area contributed by atoms with Crippen molar-refractivity contribution in [1.82, 2.24) is 14.5 Å². The molecule has 0 bridgehead atoms. The maximum Gasteiger partial charge on any atom is 0.254 e. The van der Waals surface area contributed by atoms with Crippen LogP contribution in [-0.4, -0.2) is 45.1 Å². The Bertz CT molecular complexity index is 1180. The molecule has 0 radical (unpaired) electrons. The van der Waals surface area contributed by atoms with Crippen molar-refractivity contribution in [3.63, 3.8) is 0 Å². The zero-order chi connectivity index (χ0) is 21.2. The first kappa shape index (κ1) is 18.5. The number of likely N-dealkylation sites (tertiary alicyclic amines) is 1. The lowest BCUT2D eigenvalue weighted by Gasteiger charge is -2.47. The van der Waals surface area contributed by atoms with E-state index in [1.807, 2.05) is 36.2 Å². The normalized spacial score (nSPS) is 22.0. The van der Waals surface area contributed by atoms with Gasteiger partial charge in [0.05, 0.1) is 11.4 Å². The van der Waals surface area contributed by atoms with Crippen LogP contribution in [0.15, 0.2) is 54.9 Å². The van der Waals surface area contributed by atoms with Crippen molar-refractivity contribution in [2.24, 2.45) is 5.92 Å². The third-order valence-electron chi connectivity index (χ3n) is 7.16. The predicted molar refractivity (Wildman–Crippen MR) is 119 cm³/mol. The number of carbonyl (C=O) groups excluding carboxylic acids is 1. The van der Waals surface area contributed by atoms with Crippen molar-refractivity contribution in [2.45, 2.75) is 31.7 Å². The summed E-state index contributed by atoms with van der Waals surface area (Å²) in [4.78, 5) is 22.5. The number of nitrogens with zero attached hydrogens (tertiary/aromatic N) is 4. The van der Waals surface area contributed by atoms with Crippen LogP contribution >= 0.6 is 0 Å². The molecule has 2 aliphatic heterocycles. The van der Waals surface area contributed by atoms with Crippen LogP contribution in [0.5, 0.6) is 5.75 Å². The van der Waals surface area contributed by atoms with Gasteiger partial charge in [-0.05, 0) is 74.1 Å². The Morgan fingerprint density at radius 3 is 2.90 bits per heavy atom. The van der Waals surface area contributed by atoms with Gasteiger partial charge in [-0.2, -0.15) is 0 Å². The van der Waals surface area contributed by atoms with Crippen molar-refractivity contribution in [3.8, 4) is 11.6 Å². The van der Waals surface area contributed by atoms with Crippen molar-refractivity contribution in [1.29, 1.82) is 0 Å². The summed E-state index contributed by atoms with van der Waals surface area (Å²) in [6.07, 6.45) is 7.36. The molecule has 6 rings (SSSR count). The molecule has 1 aromatic carbocycles. The van der Waals surface area contributed by atoms with Gasteiger partial charge in [0.1, 0.15) is 11.3 Å². The predicted octanol–water partition coefficient (Wildman–Crippen LogP) is 3.86. The van der Waals surface area contributed by atoms with E-state index >= 15 is 0 Å². The van der Waals surface area contributed by atoms with E-state index in [1.165, 1.54) is 18.5 Å². The Balaban J connectivity index is 1.41. The van der Waals surface area contributed by atoms with E-state index < -0.39 is 0 Å². The standard InChI is InChI=1S/C25H26N4O2/c1-17-6-9-19(14-21(17)30)24(31)27-13-10-25(16-27)22-5-3-12-28(22)23-20(4-2-11-26-23)29(25)15-18-7-8-18/h2-6,9,11-12,14,18,30H,7-8,10,13,15-16H2,1H3/t25-/m0/s1. The van der Waals surface area contributed by atoms with Gasteiger partial charge in [0.25, 0.3) is 5.91 Å². The lowest BCUT2D eigenvalue weighted by atomic mass is 9.88. The number of carbonyl (C=O) groups is 1. The topological polar surface area (TPSA) is 61.6 Å². The van der Waals surface area contributed by atoms with Gasteiger partial charge in [0.15, 0.2) is 5.82 Å². The number of fused-ring (bicyclic) bond motifs is 4. The van der Waals surface area contributed by atoms with Crippen LogP contribution in [0.1, 0.15) is 40.9 Å². The van der Waals surface area contributed by atoms with Gasteiger partial charge < -0.3 is 19.5 Å². The van der Waals surface area contributed by atoms with E-state index in [0.29, 0.717) is 24.6 Å². The molecule has 1 spiro atoms. The third kappa shape index (κ3) is 2.77. The number of aromatic nitrogens is 2. The molecule has 31 heavy (non-hydrogen) atoms. The summed E-state index contributed by atoms with van der Waals surface area (Å²) in [7, 11) is 0. The molecule has 1 atom stereocenters. The number of rotatable bonds is 3. The SMILES string of the molecule is Cc1ccc(C(=O)N2CC[C@]3(C2)c2cccn2-c2ncccc2N3CC2CC2)cc1O. The first-order chi connectivity index (χ1) is 15.1. The van der Waals surface area contributed by atoms with E-state index in [0.717, 1.165) is 30.0 Å². The van der Waals surface area contributed by atoms with Crippen LogP contribution in [0, 0.1) is 12.8 Å². The molecule has 1 amide bonds. The third-order valence-corrected chi connectivity index (χ3v) is 7.16. The summed E-state index contributed by atoms with van der Waals surface area (Å²) < 4.78 is 2.20. The maximum absolute atomic E-state index is 13.4. The van der Waals surface area contributed by atoms with Crippen LogP contribution in [-0.2, 0) is 5.54 Å². The Morgan fingerprint density at radius 2 is 2.10 bits per heavy atom. The minimum atomic E-state index is -0.259. The molecule has 158 valence electrons. The molecule has 3 aliphatic rings. The Morgan fingerprint density at radius 1 is 1.23 bits per heavy atom. The van der Waals surface area contributed by atoms with E-state index in [2.05, 4.69) is 33.9 Å². The highest BCUT2D eigenvalue weighted by atomic mass is 16.3. The molecule has 2 fully saturated rings. The van der Waals surface area contributed by atoms with Crippen molar-refractivity contribution >= 4 is 11.6 Å². The maximum atomic E-state index is 13.4. The summed E-state index contributed by atoms with van der Waals surface area (Å²) in [5.74, 6) is 1.84. The summed E-state index contributed by atoms with van der Waals surface area (Å²) in [5, 5.41) is 10.1. The van der Waals surface area contributed by atoms with E-state index in [9.17, 15) is 9.90 Å². The molecule has 3 aromatic rings. The number of anilines is 1. The van der Waals surface area contributed by atoms with Crippen LogP contribution in [0.25, 0.3) is 5.82 Å². The quantitative estimate of drug-likeness (QED) is 0.707. The molecule has 1 N–H and O–H groups in total. The Kier molecular flexibility index (Phi) is 3.94. The van der Waals surface area contributed by atoms with Gasteiger partial charge >= 0.3 is 0 Å².